The fourth-order valence-electron chi connectivity index (χ4n) is 4.38. The Morgan fingerprint density at radius 3 is 2.41 bits per heavy atom. The van der Waals surface area contributed by atoms with Gasteiger partial charge in [-0.05, 0) is 57.9 Å². The predicted molar refractivity (Wildman–Crippen MR) is 141 cm³/mol. The van der Waals surface area contributed by atoms with Crippen LogP contribution in [0.4, 0.5) is 4.79 Å². The lowest BCUT2D eigenvalue weighted by molar-refractivity contribution is -0.103. The number of carbonyl (C=O) groups excluding carboxylic acids is 1. The second-order valence-electron chi connectivity index (χ2n) is 10.5. The topological polar surface area (TPSA) is 85.0 Å². The van der Waals surface area contributed by atoms with E-state index >= 15 is 0 Å². The van der Waals surface area contributed by atoms with Gasteiger partial charge in [-0.2, -0.15) is 0 Å². The largest absolute Gasteiger partial charge is 0.489 e. The van der Waals surface area contributed by atoms with Gasteiger partial charge in [-0.25, -0.2) is 4.79 Å². The Hall–Kier alpha value is -2.45. The van der Waals surface area contributed by atoms with Gasteiger partial charge < -0.3 is 24.0 Å². The van der Waals surface area contributed by atoms with Crippen molar-refractivity contribution < 1.29 is 23.9 Å². The molecule has 5 rings (SSSR count). The summed E-state index contributed by atoms with van der Waals surface area (Å²) < 4.78 is 17.1. The molecule has 0 spiro atoms. The van der Waals surface area contributed by atoms with E-state index in [1.54, 1.807) is 57.2 Å². The van der Waals surface area contributed by atoms with Gasteiger partial charge in [-0.3, -0.25) is 0 Å². The molecule has 3 aromatic rings. The van der Waals surface area contributed by atoms with E-state index in [0.717, 1.165) is 24.2 Å². The lowest BCUT2D eigenvalue weighted by Crippen LogP contribution is -2.62. The Morgan fingerprint density at radius 2 is 1.81 bits per heavy atom. The number of benzene rings is 2. The minimum atomic E-state index is -1.26. The Balaban J connectivity index is 1.31. The lowest BCUT2D eigenvalue weighted by atomic mass is 9.86. The summed E-state index contributed by atoms with van der Waals surface area (Å²) in [7, 11) is 0. The van der Waals surface area contributed by atoms with Crippen LogP contribution in [0.3, 0.4) is 0 Å². The van der Waals surface area contributed by atoms with Crippen molar-refractivity contribution in [2.24, 2.45) is 0 Å². The average molecular weight is 566 g/mol. The monoisotopic (exact) mass is 564 g/mol. The number of halogens is 3. The number of likely N-dealkylation sites (tertiary alicyclic amines) is 1. The van der Waals surface area contributed by atoms with Crippen LogP contribution in [0, 0.1) is 0 Å². The van der Waals surface area contributed by atoms with Crippen molar-refractivity contribution in [3.8, 4) is 17.0 Å². The zero-order valence-electron chi connectivity index (χ0n) is 20.7. The Labute approximate surface area is 230 Å². The molecule has 10 heteroatoms. The van der Waals surface area contributed by atoms with E-state index in [1.807, 2.05) is 0 Å². The van der Waals surface area contributed by atoms with Crippen LogP contribution in [0.15, 0.2) is 40.9 Å². The van der Waals surface area contributed by atoms with Crippen LogP contribution in [0.1, 0.15) is 56.4 Å². The first-order valence-corrected chi connectivity index (χ1v) is 13.1. The number of hydrogen-bond acceptors (Lipinski definition) is 6. The van der Waals surface area contributed by atoms with Crippen LogP contribution in [0.5, 0.6) is 5.75 Å². The molecule has 1 saturated heterocycles. The van der Waals surface area contributed by atoms with E-state index in [9.17, 15) is 9.90 Å². The summed E-state index contributed by atoms with van der Waals surface area (Å²) in [4.78, 5) is 13.7. The highest BCUT2D eigenvalue weighted by molar-refractivity contribution is 6.39. The van der Waals surface area contributed by atoms with Gasteiger partial charge in [0, 0.05) is 17.0 Å². The molecule has 7 nitrogen and oxygen atoms in total. The molecular weight excluding hydrogens is 539 g/mol. The summed E-state index contributed by atoms with van der Waals surface area (Å²) in [5.74, 6) is 1.59. The fraction of sp³-hybridized carbons (Fsp3) is 0.407. The number of rotatable bonds is 6. The number of aliphatic hydroxyl groups is 1. The van der Waals surface area contributed by atoms with Crippen molar-refractivity contribution in [2.45, 2.75) is 57.3 Å². The number of ether oxygens (including phenoxy) is 2. The molecule has 0 bridgehead atoms. The third kappa shape index (κ3) is 5.41. The van der Waals surface area contributed by atoms with Gasteiger partial charge in [-0.15, -0.1) is 0 Å². The summed E-state index contributed by atoms with van der Waals surface area (Å²) in [6.45, 7) is 5.76. The average Bonchev–Trinajstić information content (AvgIpc) is 3.55. The summed E-state index contributed by atoms with van der Waals surface area (Å²) in [6.07, 6.45) is 1.58. The van der Waals surface area contributed by atoms with Crippen LogP contribution >= 0.6 is 34.8 Å². The van der Waals surface area contributed by atoms with Crippen molar-refractivity contribution in [1.82, 2.24) is 10.1 Å². The van der Waals surface area contributed by atoms with Crippen molar-refractivity contribution >= 4 is 40.9 Å². The highest BCUT2D eigenvalue weighted by Gasteiger charge is 2.47. The standard InChI is InChI=1S/C27H27Cl3N2O5/c1-26(2,3)36-25(33)32-13-27(34,14-32)18-10-9-16(11-21(18)30)35-12-17-23(31-37-24(17)15-7-8-15)22-19(28)5-4-6-20(22)29/h4-6,9-11,15,34H,7-8,12-14H2,1-3H3. The third-order valence-corrected chi connectivity index (χ3v) is 7.29. The SMILES string of the molecule is CC(C)(C)OC(=O)N1CC(O)(c2ccc(OCc3c(-c4c(Cl)cccc4Cl)noc3C3CC3)cc2Cl)C1. The first kappa shape index (κ1) is 26.2. The molecule has 37 heavy (non-hydrogen) atoms. The highest BCUT2D eigenvalue weighted by Crippen LogP contribution is 2.46. The van der Waals surface area contributed by atoms with Gasteiger partial charge in [0.15, 0.2) is 0 Å². The van der Waals surface area contributed by atoms with Crippen LogP contribution in [-0.4, -0.2) is 39.9 Å². The summed E-state index contributed by atoms with van der Waals surface area (Å²) >= 11 is 19.4. The second kappa shape index (κ2) is 9.70. The normalized spacial score (nSPS) is 16.9. The van der Waals surface area contributed by atoms with Crippen molar-refractivity contribution in [3.05, 3.63) is 68.4 Å². The maximum absolute atomic E-state index is 12.3. The van der Waals surface area contributed by atoms with Gasteiger partial charge in [0.25, 0.3) is 0 Å². The zero-order valence-corrected chi connectivity index (χ0v) is 23.0. The molecule has 1 saturated carbocycles. The minimum absolute atomic E-state index is 0.0925. The van der Waals surface area contributed by atoms with E-state index in [4.69, 9.17) is 48.8 Å². The third-order valence-electron chi connectivity index (χ3n) is 6.35. The Kier molecular flexibility index (Phi) is 6.86. The van der Waals surface area contributed by atoms with E-state index in [2.05, 4.69) is 5.16 Å². The minimum Gasteiger partial charge on any atom is -0.489 e. The quantitative estimate of drug-likeness (QED) is 0.340. The maximum Gasteiger partial charge on any atom is 0.410 e. The predicted octanol–water partition coefficient (Wildman–Crippen LogP) is 7.20. The zero-order chi connectivity index (χ0) is 26.5. The fourth-order valence-corrected chi connectivity index (χ4v) is 5.30. The number of β-amino-alcohol motifs (C(OH)–C–C–N with tert-alkyl or cyclic N) is 1. The molecule has 2 fully saturated rings. The molecular formula is C27H27Cl3N2O5. The van der Waals surface area contributed by atoms with E-state index in [-0.39, 0.29) is 19.7 Å². The molecule has 1 N–H and O–H groups in total. The molecule has 1 aliphatic heterocycles. The van der Waals surface area contributed by atoms with Crippen molar-refractivity contribution in [1.29, 1.82) is 0 Å². The molecule has 2 aliphatic rings. The highest BCUT2D eigenvalue weighted by atomic mass is 35.5. The molecule has 2 aromatic carbocycles. The Morgan fingerprint density at radius 1 is 1.14 bits per heavy atom. The van der Waals surface area contributed by atoms with Crippen molar-refractivity contribution in [2.75, 3.05) is 13.1 Å². The first-order chi connectivity index (χ1) is 17.4. The van der Waals surface area contributed by atoms with E-state index in [1.165, 1.54) is 4.90 Å². The number of carbonyl (C=O) groups is 1. The van der Waals surface area contributed by atoms with Crippen LogP contribution < -0.4 is 4.74 Å². The van der Waals surface area contributed by atoms with Crippen LogP contribution in [0.2, 0.25) is 15.1 Å². The van der Waals surface area contributed by atoms with Gasteiger partial charge in [0.1, 0.15) is 35.0 Å². The van der Waals surface area contributed by atoms with Gasteiger partial charge in [-0.1, -0.05) is 52.1 Å². The first-order valence-electron chi connectivity index (χ1n) is 12.0. The van der Waals surface area contributed by atoms with Crippen molar-refractivity contribution in [3.63, 3.8) is 0 Å². The molecule has 1 aromatic heterocycles. The van der Waals surface area contributed by atoms with E-state index in [0.29, 0.717) is 43.6 Å². The number of nitrogens with zero attached hydrogens (tertiary/aromatic N) is 2. The van der Waals surface area contributed by atoms with Gasteiger partial charge in [0.05, 0.1) is 33.7 Å². The van der Waals surface area contributed by atoms with Gasteiger partial charge >= 0.3 is 6.09 Å². The molecule has 1 amide bonds. The number of amides is 1. The lowest BCUT2D eigenvalue weighted by Gasteiger charge is -2.46. The summed E-state index contributed by atoms with van der Waals surface area (Å²) in [5.41, 5.74) is 0.620. The second-order valence-corrected chi connectivity index (χ2v) is 11.8. The molecule has 2 heterocycles. The van der Waals surface area contributed by atoms with Crippen LogP contribution in [0.25, 0.3) is 11.3 Å². The number of aromatic nitrogens is 1. The van der Waals surface area contributed by atoms with Gasteiger partial charge in [0.2, 0.25) is 0 Å². The molecule has 0 unspecified atom stereocenters. The molecule has 196 valence electrons. The molecule has 0 atom stereocenters. The summed E-state index contributed by atoms with van der Waals surface area (Å²) in [6, 6.07) is 10.4. The Bertz CT molecular complexity index is 1320. The van der Waals surface area contributed by atoms with E-state index < -0.39 is 17.3 Å². The molecule has 1 aliphatic carbocycles. The van der Waals surface area contributed by atoms with Crippen LogP contribution in [-0.2, 0) is 16.9 Å². The maximum atomic E-state index is 12.3. The smallest absolute Gasteiger partial charge is 0.410 e. The number of hydrogen-bond donors (Lipinski definition) is 1. The molecule has 0 radical (unpaired) electrons. The summed E-state index contributed by atoms with van der Waals surface area (Å²) in [5, 5.41) is 16.6.